The number of nitrogens with one attached hydrogen (secondary N) is 1. The summed E-state index contributed by atoms with van der Waals surface area (Å²) in [6.45, 7) is 4.70. The summed E-state index contributed by atoms with van der Waals surface area (Å²) in [4.78, 5) is 13.0. The fourth-order valence-corrected chi connectivity index (χ4v) is 1.80. The molecule has 2 N–H and O–H groups in total. The van der Waals surface area contributed by atoms with Crippen LogP contribution >= 0.6 is 0 Å². The Labute approximate surface area is 81.7 Å². The van der Waals surface area contributed by atoms with E-state index in [0.717, 1.165) is 30.8 Å². The van der Waals surface area contributed by atoms with Gasteiger partial charge in [-0.15, -0.1) is 0 Å². The van der Waals surface area contributed by atoms with E-state index < -0.39 is 5.97 Å². The van der Waals surface area contributed by atoms with E-state index in [1.54, 1.807) is 0 Å². The fourth-order valence-electron chi connectivity index (χ4n) is 1.80. The molecule has 0 aliphatic carbocycles. The summed E-state index contributed by atoms with van der Waals surface area (Å²) >= 11 is 0. The molecule has 1 aromatic rings. The molecule has 0 amide bonds. The van der Waals surface area contributed by atoms with E-state index in [1.165, 1.54) is 0 Å². The van der Waals surface area contributed by atoms with Crippen LogP contribution < -0.4 is 0 Å². The fraction of sp³-hybridized carbons (Fsp3) is 0.556. The van der Waals surface area contributed by atoms with Gasteiger partial charge >= 0.3 is 5.97 Å². The lowest BCUT2D eigenvalue weighted by Gasteiger charge is -2.24. The predicted molar refractivity (Wildman–Crippen MR) is 50.2 cm³/mol. The average Bonchev–Trinajstić information content (AvgIpc) is 2.59. The van der Waals surface area contributed by atoms with Crippen LogP contribution in [0.15, 0.2) is 0 Å². The largest absolute Gasteiger partial charge is 0.476 e. The van der Waals surface area contributed by atoms with E-state index in [0.29, 0.717) is 6.54 Å². The highest BCUT2D eigenvalue weighted by Gasteiger charge is 2.23. The van der Waals surface area contributed by atoms with Crippen molar-refractivity contribution < 1.29 is 9.90 Å². The zero-order valence-corrected chi connectivity index (χ0v) is 8.08. The SMILES string of the molecule is CCN1CCc2[nH]nc(C(=O)O)c2C1. The number of aromatic amines is 1. The van der Waals surface area contributed by atoms with Crippen LogP contribution in [-0.4, -0.2) is 39.3 Å². The second kappa shape index (κ2) is 3.42. The Morgan fingerprint density at radius 2 is 2.50 bits per heavy atom. The van der Waals surface area contributed by atoms with E-state index in [-0.39, 0.29) is 5.69 Å². The third kappa shape index (κ3) is 1.39. The van der Waals surface area contributed by atoms with E-state index in [4.69, 9.17) is 5.11 Å². The molecule has 5 nitrogen and oxygen atoms in total. The van der Waals surface area contributed by atoms with E-state index in [2.05, 4.69) is 22.0 Å². The summed E-state index contributed by atoms with van der Waals surface area (Å²) in [6.07, 6.45) is 0.865. The lowest BCUT2D eigenvalue weighted by atomic mass is 10.1. The van der Waals surface area contributed by atoms with Crippen LogP contribution in [0.3, 0.4) is 0 Å². The summed E-state index contributed by atoms with van der Waals surface area (Å²) in [5.41, 5.74) is 2.01. The number of rotatable bonds is 2. The van der Waals surface area contributed by atoms with Gasteiger partial charge in [0.2, 0.25) is 0 Å². The first-order valence-corrected chi connectivity index (χ1v) is 4.74. The molecule has 2 rings (SSSR count). The number of fused-ring (bicyclic) bond motifs is 1. The topological polar surface area (TPSA) is 69.2 Å². The molecular formula is C9H13N3O2. The highest BCUT2D eigenvalue weighted by atomic mass is 16.4. The molecule has 1 aliphatic rings. The number of hydrogen-bond donors (Lipinski definition) is 2. The third-order valence-electron chi connectivity index (χ3n) is 2.66. The van der Waals surface area contributed by atoms with Crippen LogP contribution in [0, 0.1) is 0 Å². The van der Waals surface area contributed by atoms with Gasteiger partial charge in [0, 0.05) is 30.8 Å². The molecule has 1 aromatic heterocycles. The number of H-pyrrole nitrogens is 1. The first kappa shape index (κ1) is 9.21. The first-order valence-electron chi connectivity index (χ1n) is 4.74. The van der Waals surface area contributed by atoms with Crippen molar-refractivity contribution in [1.29, 1.82) is 0 Å². The molecule has 0 fully saturated rings. The normalized spacial score (nSPS) is 16.6. The van der Waals surface area contributed by atoms with E-state index in [1.807, 2.05) is 0 Å². The molecule has 2 heterocycles. The molecule has 0 bridgehead atoms. The highest BCUT2D eigenvalue weighted by Crippen LogP contribution is 2.19. The van der Waals surface area contributed by atoms with Gasteiger partial charge in [0.15, 0.2) is 5.69 Å². The first-order chi connectivity index (χ1) is 6.72. The smallest absolute Gasteiger partial charge is 0.356 e. The Balaban J connectivity index is 2.32. The van der Waals surface area contributed by atoms with Crippen molar-refractivity contribution in [2.75, 3.05) is 13.1 Å². The van der Waals surface area contributed by atoms with Gasteiger partial charge in [0.05, 0.1) is 0 Å². The maximum absolute atomic E-state index is 10.8. The number of aromatic nitrogens is 2. The van der Waals surface area contributed by atoms with E-state index in [9.17, 15) is 4.79 Å². The highest BCUT2D eigenvalue weighted by molar-refractivity contribution is 5.87. The van der Waals surface area contributed by atoms with Crippen LogP contribution in [0.1, 0.15) is 28.7 Å². The number of nitrogens with zero attached hydrogens (tertiary/aromatic N) is 2. The van der Waals surface area contributed by atoms with Crippen molar-refractivity contribution in [2.45, 2.75) is 19.9 Å². The second-order valence-electron chi connectivity index (χ2n) is 3.45. The van der Waals surface area contributed by atoms with Crippen molar-refractivity contribution >= 4 is 5.97 Å². The minimum atomic E-state index is -0.944. The molecule has 0 spiro atoms. The van der Waals surface area contributed by atoms with Gasteiger partial charge in [-0.3, -0.25) is 10.00 Å². The van der Waals surface area contributed by atoms with Crippen LogP contribution in [0.25, 0.3) is 0 Å². The van der Waals surface area contributed by atoms with Gasteiger partial charge in [-0.2, -0.15) is 5.10 Å². The summed E-state index contributed by atoms with van der Waals surface area (Å²) in [6, 6.07) is 0. The van der Waals surface area contributed by atoms with Gasteiger partial charge in [-0.25, -0.2) is 4.79 Å². The minimum Gasteiger partial charge on any atom is -0.476 e. The van der Waals surface area contributed by atoms with Crippen molar-refractivity contribution in [2.24, 2.45) is 0 Å². The number of hydrogen-bond acceptors (Lipinski definition) is 3. The number of aromatic carboxylic acids is 1. The summed E-state index contributed by atoms with van der Waals surface area (Å²) in [5, 5.41) is 15.5. The molecule has 0 radical (unpaired) electrons. The van der Waals surface area contributed by atoms with Crippen molar-refractivity contribution in [3.63, 3.8) is 0 Å². The van der Waals surface area contributed by atoms with E-state index >= 15 is 0 Å². The number of likely N-dealkylation sites (N-methyl/N-ethyl adjacent to an activating group) is 1. The van der Waals surface area contributed by atoms with Crippen LogP contribution in [-0.2, 0) is 13.0 Å². The molecule has 76 valence electrons. The molecule has 0 atom stereocenters. The Morgan fingerprint density at radius 1 is 1.71 bits per heavy atom. The van der Waals surface area contributed by atoms with Gasteiger partial charge in [-0.05, 0) is 6.54 Å². The summed E-state index contributed by atoms with van der Waals surface area (Å²) < 4.78 is 0. The molecule has 0 saturated heterocycles. The molecule has 0 saturated carbocycles. The Hall–Kier alpha value is -1.36. The lowest BCUT2D eigenvalue weighted by Crippen LogP contribution is -2.30. The van der Waals surface area contributed by atoms with Crippen LogP contribution in [0.4, 0.5) is 0 Å². The molecule has 14 heavy (non-hydrogen) atoms. The lowest BCUT2D eigenvalue weighted by molar-refractivity contribution is 0.0687. The molecule has 1 aliphatic heterocycles. The van der Waals surface area contributed by atoms with Crippen LogP contribution in [0.2, 0.25) is 0 Å². The van der Waals surface area contributed by atoms with Crippen molar-refractivity contribution in [3.8, 4) is 0 Å². The van der Waals surface area contributed by atoms with Crippen molar-refractivity contribution in [1.82, 2.24) is 15.1 Å². The number of carboxylic acids is 1. The Morgan fingerprint density at radius 3 is 3.14 bits per heavy atom. The quantitative estimate of drug-likeness (QED) is 0.720. The van der Waals surface area contributed by atoms with Gasteiger partial charge in [-0.1, -0.05) is 6.92 Å². The standard InChI is InChI=1S/C9H13N3O2/c1-2-12-4-3-7-6(5-12)8(9(13)14)11-10-7/h2-5H2,1H3,(H,10,11)(H,13,14). The van der Waals surface area contributed by atoms with Crippen LogP contribution in [0.5, 0.6) is 0 Å². The molecular weight excluding hydrogens is 182 g/mol. The maximum Gasteiger partial charge on any atom is 0.356 e. The Bertz CT molecular complexity index is 359. The Kier molecular flexibility index (Phi) is 2.25. The molecule has 5 heteroatoms. The zero-order valence-electron chi connectivity index (χ0n) is 8.08. The van der Waals surface area contributed by atoms with Gasteiger partial charge in [0.1, 0.15) is 0 Å². The minimum absolute atomic E-state index is 0.179. The predicted octanol–water partition coefficient (Wildman–Crippen LogP) is 0.486. The summed E-state index contributed by atoms with van der Waals surface area (Å²) in [5.74, 6) is -0.944. The second-order valence-corrected chi connectivity index (χ2v) is 3.45. The van der Waals surface area contributed by atoms with Crippen molar-refractivity contribution in [3.05, 3.63) is 17.0 Å². The molecule has 0 aromatic carbocycles. The maximum atomic E-state index is 10.8. The van der Waals surface area contributed by atoms with Gasteiger partial charge in [0.25, 0.3) is 0 Å². The molecule has 0 unspecified atom stereocenters. The van der Waals surface area contributed by atoms with Gasteiger partial charge < -0.3 is 5.11 Å². The zero-order chi connectivity index (χ0) is 10.1. The summed E-state index contributed by atoms with van der Waals surface area (Å²) in [7, 11) is 0. The monoisotopic (exact) mass is 195 g/mol. The third-order valence-corrected chi connectivity index (χ3v) is 2.66. The average molecular weight is 195 g/mol. The number of carbonyl (C=O) groups is 1. The number of carboxylic acid groups (broad SMARTS) is 1.